The van der Waals surface area contributed by atoms with Gasteiger partial charge in [0, 0.05) is 12.2 Å². The maximum absolute atomic E-state index is 12.2. The van der Waals surface area contributed by atoms with Crippen LogP contribution in [-0.2, 0) is 18.0 Å². The van der Waals surface area contributed by atoms with Crippen molar-refractivity contribution in [3.05, 3.63) is 53.3 Å². The van der Waals surface area contributed by atoms with Gasteiger partial charge in [0.15, 0.2) is 0 Å². The van der Waals surface area contributed by atoms with E-state index in [2.05, 4.69) is 0 Å². The summed E-state index contributed by atoms with van der Waals surface area (Å²) in [6, 6.07) is 9.35. The lowest BCUT2D eigenvalue weighted by atomic mass is 10.1. The summed E-state index contributed by atoms with van der Waals surface area (Å²) < 4.78 is 7.25. The first-order valence-corrected chi connectivity index (χ1v) is 7.00. The van der Waals surface area contributed by atoms with E-state index in [-0.39, 0.29) is 19.2 Å². The van der Waals surface area contributed by atoms with Crippen molar-refractivity contribution in [3.8, 4) is 0 Å². The lowest BCUT2D eigenvalue weighted by Gasteiger charge is -2.08. The number of esters is 1. The number of carbonyl (C=O) groups excluding carboxylic acids is 1. The van der Waals surface area contributed by atoms with E-state index in [4.69, 9.17) is 15.6 Å². The zero-order chi connectivity index (χ0) is 14.8. The summed E-state index contributed by atoms with van der Waals surface area (Å²) in [6.07, 6.45) is 3.96. The first-order valence-electron chi connectivity index (χ1n) is 7.00. The number of benzene rings is 1. The highest BCUT2D eigenvalue weighted by atomic mass is 16.5. The van der Waals surface area contributed by atoms with Crippen molar-refractivity contribution in [3.63, 3.8) is 0 Å². The van der Waals surface area contributed by atoms with Gasteiger partial charge in [0.05, 0.1) is 12.3 Å². The van der Waals surface area contributed by atoms with Gasteiger partial charge in [-0.15, -0.1) is 0 Å². The molecule has 5 heteroatoms. The monoisotopic (exact) mass is 286 g/mol. The molecule has 110 valence electrons. The average molecular weight is 286 g/mol. The third-order valence-corrected chi connectivity index (χ3v) is 3.59. The van der Waals surface area contributed by atoms with Gasteiger partial charge in [0.25, 0.3) is 0 Å². The Morgan fingerprint density at radius 2 is 1.95 bits per heavy atom. The standard InChI is InChI=1S/C16H18N2O3/c17-13-7-15(18(8-13)14-5-6-14)16(20)21-10-12-3-1-11(9-19)2-4-12/h1-4,7-8,14,19H,5-6,9-10,17H2. The molecular weight excluding hydrogens is 268 g/mol. The minimum absolute atomic E-state index is 0.00818. The number of hydrogen-bond donors (Lipinski definition) is 2. The van der Waals surface area contributed by atoms with E-state index >= 15 is 0 Å². The second kappa shape index (κ2) is 5.61. The van der Waals surface area contributed by atoms with Crippen molar-refractivity contribution in [1.82, 2.24) is 4.57 Å². The SMILES string of the molecule is Nc1cc(C(=O)OCc2ccc(CO)cc2)n(C2CC2)c1. The number of aromatic nitrogens is 1. The Morgan fingerprint density at radius 1 is 1.29 bits per heavy atom. The molecule has 21 heavy (non-hydrogen) atoms. The molecule has 1 aliphatic rings. The number of nitrogen functional groups attached to an aromatic ring is 1. The molecule has 5 nitrogen and oxygen atoms in total. The van der Waals surface area contributed by atoms with Crippen molar-refractivity contribution in [2.45, 2.75) is 32.1 Å². The van der Waals surface area contributed by atoms with Gasteiger partial charge in [-0.1, -0.05) is 24.3 Å². The fraction of sp³-hybridized carbons (Fsp3) is 0.312. The van der Waals surface area contributed by atoms with E-state index in [0.717, 1.165) is 24.0 Å². The number of nitrogens with zero attached hydrogens (tertiary/aromatic N) is 1. The molecule has 0 aliphatic heterocycles. The van der Waals surface area contributed by atoms with Crippen molar-refractivity contribution in [2.24, 2.45) is 0 Å². The predicted octanol–water partition coefficient (Wildman–Crippen LogP) is 2.25. The molecule has 1 saturated carbocycles. The van der Waals surface area contributed by atoms with Crippen LogP contribution in [0.5, 0.6) is 0 Å². The summed E-state index contributed by atoms with van der Waals surface area (Å²) in [7, 11) is 0. The maximum Gasteiger partial charge on any atom is 0.355 e. The number of hydrogen-bond acceptors (Lipinski definition) is 4. The minimum atomic E-state index is -0.357. The molecule has 2 aromatic rings. The van der Waals surface area contributed by atoms with E-state index in [1.165, 1.54) is 0 Å². The Kier molecular flexibility index (Phi) is 3.66. The van der Waals surface area contributed by atoms with Crippen LogP contribution >= 0.6 is 0 Å². The zero-order valence-corrected chi connectivity index (χ0v) is 11.7. The van der Waals surface area contributed by atoms with Crippen LogP contribution in [0.4, 0.5) is 5.69 Å². The number of nitrogens with two attached hydrogens (primary N) is 1. The van der Waals surface area contributed by atoms with Crippen molar-refractivity contribution >= 4 is 11.7 Å². The van der Waals surface area contributed by atoms with Crippen molar-refractivity contribution < 1.29 is 14.6 Å². The fourth-order valence-electron chi connectivity index (χ4n) is 2.28. The number of aliphatic hydroxyl groups is 1. The molecule has 0 amide bonds. The summed E-state index contributed by atoms with van der Waals surface area (Å²) >= 11 is 0. The van der Waals surface area contributed by atoms with Gasteiger partial charge in [-0.2, -0.15) is 0 Å². The van der Waals surface area contributed by atoms with Crippen LogP contribution in [0.15, 0.2) is 36.5 Å². The molecule has 0 spiro atoms. The number of carbonyl (C=O) groups is 1. The van der Waals surface area contributed by atoms with Gasteiger partial charge in [0.1, 0.15) is 12.3 Å². The average Bonchev–Trinajstić information content (AvgIpc) is 3.27. The van der Waals surface area contributed by atoms with Gasteiger partial charge in [-0.05, 0) is 30.0 Å². The Bertz CT molecular complexity index is 642. The molecule has 3 rings (SSSR count). The minimum Gasteiger partial charge on any atom is -0.456 e. The molecule has 0 saturated heterocycles. The first kappa shape index (κ1) is 13.7. The van der Waals surface area contributed by atoms with Crippen LogP contribution in [0.1, 0.15) is 40.5 Å². The number of ether oxygens (including phenoxy) is 1. The molecule has 1 heterocycles. The molecule has 1 fully saturated rings. The molecule has 0 radical (unpaired) electrons. The Balaban J connectivity index is 1.65. The van der Waals surface area contributed by atoms with Crippen LogP contribution < -0.4 is 5.73 Å². The second-order valence-corrected chi connectivity index (χ2v) is 5.35. The summed E-state index contributed by atoms with van der Waals surface area (Å²) in [4.78, 5) is 12.2. The largest absolute Gasteiger partial charge is 0.456 e. The summed E-state index contributed by atoms with van der Waals surface area (Å²) in [5, 5.41) is 8.99. The molecular formula is C16H18N2O3. The molecule has 1 aromatic carbocycles. The van der Waals surface area contributed by atoms with Gasteiger partial charge in [-0.25, -0.2) is 4.79 Å². The fourth-order valence-corrected chi connectivity index (χ4v) is 2.28. The Hall–Kier alpha value is -2.27. The first-order chi connectivity index (χ1) is 10.2. The normalized spacial score (nSPS) is 14.1. The van der Waals surface area contributed by atoms with Crippen LogP contribution in [0, 0.1) is 0 Å². The van der Waals surface area contributed by atoms with Crippen molar-refractivity contribution in [2.75, 3.05) is 5.73 Å². The van der Waals surface area contributed by atoms with E-state index in [1.807, 2.05) is 28.8 Å². The van der Waals surface area contributed by atoms with Crippen molar-refractivity contribution in [1.29, 1.82) is 0 Å². The Labute approximate surface area is 123 Å². The van der Waals surface area contributed by atoms with E-state index in [9.17, 15) is 4.79 Å². The lowest BCUT2D eigenvalue weighted by Crippen LogP contribution is -2.11. The van der Waals surface area contributed by atoms with Crippen LogP contribution in [-0.4, -0.2) is 15.6 Å². The molecule has 3 N–H and O–H groups in total. The predicted molar refractivity (Wildman–Crippen MR) is 78.6 cm³/mol. The highest BCUT2D eigenvalue weighted by molar-refractivity contribution is 5.89. The van der Waals surface area contributed by atoms with Crippen LogP contribution in [0.25, 0.3) is 0 Å². The molecule has 0 atom stereocenters. The van der Waals surface area contributed by atoms with E-state index < -0.39 is 0 Å². The molecule has 0 bridgehead atoms. The highest BCUT2D eigenvalue weighted by Crippen LogP contribution is 2.37. The summed E-state index contributed by atoms with van der Waals surface area (Å²) in [5.41, 5.74) is 8.59. The van der Waals surface area contributed by atoms with Crippen LogP contribution in [0.2, 0.25) is 0 Å². The molecule has 1 aliphatic carbocycles. The maximum atomic E-state index is 12.2. The van der Waals surface area contributed by atoms with Gasteiger partial charge < -0.3 is 20.1 Å². The van der Waals surface area contributed by atoms with Gasteiger partial charge in [-0.3, -0.25) is 0 Å². The van der Waals surface area contributed by atoms with Gasteiger partial charge in [0.2, 0.25) is 0 Å². The molecule has 0 unspecified atom stereocenters. The highest BCUT2D eigenvalue weighted by Gasteiger charge is 2.28. The smallest absolute Gasteiger partial charge is 0.355 e. The number of anilines is 1. The summed E-state index contributed by atoms with van der Waals surface area (Å²) in [5.74, 6) is -0.357. The third kappa shape index (κ3) is 3.08. The quantitative estimate of drug-likeness (QED) is 0.826. The zero-order valence-electron chi connectivity index (χ0n) is 11.7. The number of rotatable bonds is 5. The van der Waals surface area contributed by atoms with E-state index in [0.29, 0.717) is 17.4 Å². The third-order valence-electron chi connectivity index (χ3n) is 3.59. The topological polar surface area (TPSA) is 77.5 Å². The lowest BCUT2D eigenvalue weighted by molar-refractivity contribution is 0.0460. The van der Waals surface area contributed by atoms with Crippen LogP contribution in [0.3, 0.4) is 0 Å². The Morgan fingerprint density at radius 3 is 2.57 bits per heavy atom. The summed E-state index contributed by atoms with van der Waals surface area (Å²) in [6.45, 7) is 0.217. The van der Waals surface area contributed by atoms with Gasteiger partial charge >= 0.3 is 5.97 Å². The van der Waals surface area contributed by atoms with E-state index in [1.54, 1.807) is 12.3 Å². The number of aliphatic hydroxyl groups excluding tert-OH is 1. The second-order valence-electron chi connectivity index (χ2n) is 5.35. The molecule has 1 aromatic heterocycles.